The second kappa shape index (κ2) is 7.17. The zero-order valence-corrected chi connectivity index (χ0v) is 16.4. The van der Waals surface area contributed by atoms with Gasteiger partial charge in [-0.05, 0) is 42.5 Å². The number of pyridine rings is 2. The van der Waals surface area contributed by atoms with Gasteiger partial charge in [-0.3, -0.25) is 14.7 Å². The molecule has 144 valence electrons. The topological polar surface area (TPSA) is 38.1 Å². The van der Waals surface area contributed by atoms with Crippen molar-refractivity contribution in [3.05, 3.63) is 76.3 Å². The zero-order chi connectivity index (χ0) is 19.1. The third kappa shape index (κ3) is 2.96. The Hall–Kier alpha value is -2.46. The predicted molar refractivity (Wildman–Crippen MR) is 113 cm³/mol. The van der Waals surface area contributed by atoms with Gasteiger partial charge in [0, 0.05) is 54.9 Å². The molecular weight excluding hydrogens is 346 g/mol. The first-order valence-electron chi connectivity index (χ1n) is 10.5. The summed E-state index contributed by atoms with van der Waals surface area (Å²) in [5, 5.41) is 1.25. The fraction of sp³-hybridized carbons (Fsp3) is 0.417. The summed E-state index contributed by atoms with van der Waals surface area (Å²) in [6, 6.07) is 16.8. The molecular formula is C24H27N3O. The number of aromatic nitrogens is 2. The van der Waals surface area contributed by atoms with Crippen LogP contribution in [0.25, 0.3) is 10.9 Å². The third-order valence-corrected chi connectivity index (χ3v) is 6.59. The molecule has 0 saturated carbocycles. The van der Waals surface area contributed by atoms with Crippen LogP contribution in [0.3, 0.4) is 0 Å². The molecule has 5 rings (SSSR count). The standard InChI is InChI=1S/C24H27N3O/c1-2-6-22-18-13-19(23-9-5-10-24(28)27(22)23)16-26(15-18)14-17-11-12-25-21-8-4-3-7-20(17)21/h3-5,7-12,18-19,22H,2,6,13-16H2,1H3/t18-,19+,22-/m0/s1. The smallest absolute Gasteiger partial charge is 0.250 e. The van der Waals surface area contributed by atoms with E-state index in [-0.39, 0.29) is 5.56 Å². The van der Waals surface area contributed by atoms with Crippen molar-refractivity contribution in [2.24, 2.45) is 5.92 Å². The number of hydrogen-bond acceptors (Lipinski definition) is 3. The molecule has 0 radical (unpaired) electrons. The molecule has 0 aliphatic carbocycles. The predicted octanol–water partition coefficient (Wildman–Crippen LogP) is 4.36. The van der Waals surface area contributed by atoms with Crippen molar-refractivity contribution in [1.29, 1.82) is 0 Å². The van der Waals surface area contributed by atoms with Gasteiger partial charge >= 0.3 is 0 Å². The highest BCUT2D eigenvalue weighted by atomic mass is 16.1. The lowest BCUT2D eigenvalue weighted by Gasteiger charge is -2.47. The summed E-state index contributed by atoms with van der Waals surface area (Å²) >= 11 is 0. The van der Waals surface area contributed by atoms with Crippen LogP contribution in [-0.4, -0.2) is 27.5 Å². The van der Waals surface area contributed by atoms with Crippen molar-refractivity contribution in [2.45, 2.75) is 44.7 Å². The number of nitrogens with zero attached hydrogens (tertiary/aromatic N) is 3. The quantitative estimate of drug-likeness (QED) is 0.682. The molecule has 0 N–H and O–H groups in total. The highest BCUT2D eigenvalue weighted by Gasteiger charge is 2.39. The van der Waals surface area contributed by atoms with Gasteiger partial charge in [-0.15, -0.1) is 0 Å². The molecule has 1 saturated heterocycles. The van der Waals surface area contributed by atoms with Gasteiger partial charge in [0.05, 0.1) is 5.52 Å². The summed E-state index contributed by atoms with van der Waals surface area (Å²) in [5.41, 5.74) is 3.84. The van der Waals surface area contributed by atoms with Crippen molar-refractivity contribution in [2.75, 3.05) is 13.1 Å². The van der Waals surface area contributed by atoms with E-state index in [0.717, 1.165) is 38.0 Å². The minimum absolute atomic E-state index is 0.180. The second-order valence-corrected chi connectivity index (χ2v) is 8.39. The van der Waals surface area contributed by atoms with E-state index in [4.69, 9.17) is 0 Å². The zero-order valence-electron chi connectivity index (χ0n) is 16.4. The van der Waals surface area contributed by atoms with E-state index >= 15 is 0 Å². The fourth-order valence-corrected chi connectivity index (χ4v) is 5.46. The lowest BCUT2D eigenvalue weighted by atomic mass is 9.77. The second-order valence-electron chi connectivity index (χ2n) is 8.39. The molecule has 2 bridgehead atoms. The average molecular weight is 374 g/mol. The summed E-state index contributed by atoms with van der Waals surface area (Å²) in [7, 11) is 0. The molecule has 4 heteroatoms. The largest absolute Gasteiger partial charge is 0.309 e. The van der Waals surface area contributed by atoms with Crippen LogP contribution < -0.4 is 5.56 Å². The number of para-hydroxylation sites is 1. The third-order valence-electron chi connectivity index (χ3n) is 6.59. The first-order valence-corrected chi connectivity index (χ1v) is 10.5. The van der Waals surface area contributed by atoms with E-state index in [2.05, 4.69) is 57.8 Å². The van der Waals surface area contributed by atoms with E-state index in [9.17, 15) is 4.79 Å². The van der Waals surface area contributed by atoms with Crippen LogP contribution in [0.5, 0.6) is 0 Å². The van der Waals surface area contributed by atoms with Gasteiger partial charge in [0.25, 0.3) is 5.56 Å². The van der Waals surface area contributed by atoms with E-state index in [1.807, 2.05) is 12.3 Å². The molecule has 0 unspecified atom stereocenters. The molecule has 3 aromatic rings. The Labute approximate surface area is 165 Å². The minimum Gasteiger partial charge on any atom is -0.309 e. The van der Waals surface area contributed by atoms with Crippen LogP contribution in [0.1, 0.15) is 49.4 Å². The lowest BCUT2D eigenvalue weighted by Crippen LogP contribution is -2.49. The Morgan fingerprint density at radius 2 is 1.96 bits per heavy atom. The van der Waals surface area contributed by atoms with Gasteiger partial charge in [-0.1, -0.05) is 37.6 Å². The van der Waals surface area contributed by atoms with Gasteiger partial charge in [0.2, 0.25) is 0 Å². The summed E-state index contributed by atoms with van der Waals surface area (Å²) in [4.78, 5) is 19.8. The minimum atomic E-state index is 0.180. The van der Waals surface area contributed by atoms with Crippen molar-refractivity contribution < 1.29 is 0 Å². The lowest BCUT2D eigenvalue weighted by molar-refractivity contribution is 0.0820. The highest BCUT2D eigenvalue weighted by Crippen LogP contribution is 2.43. The molecule has 28 heavy (non-hydrogen) atoms. The highest BCUT2D eigenvalue weighted by molar-refractivity contribution is 5.81. The average Bonchev–Trinajstić information content (AvgIpc) is 2.72. The van der Waals surface area contributed by atoms with Gasteiger partial charge in [-0.25, -0.2) is 0 Å². The molecule has 2 aliphatic heterocycles. The molecule has 1 fully saturated rings. The monoisotopic (exact) mass is 373 g/mol. The van der Waals surface area contributed by atoms with Crippen LogP contribution >= 0.6 is 0 Å². The number of hydrogen-bond donors (Lipinski definition) is 0. The maximum absolute atomic E-state index is 12.6. The van der Waals surface area contributed by atoms with Crippen molar-refractivity contribution in [3.63, 3.8) is 0 Å². The summed E-state index contributed by atoms with van der Waals surface area (Å²) < 4.78 is 2.13. The van der Waals surface area contributed by atoms with Crippen LogP contribution in [0.4, 0.5) is 0 Å². The maximum atomic E-state index is 12.6. The van der Waals surface area contributed by atoms with Gasteiger partial charge in [-0.2, -0.15) is 0 Å². The van der Waals surface area contributed by atoms with E-state index in [1.54, 1.807) is 6.07 Å². The molecule has 4 nitrogen and oxygen atoms in total. The Morgan fingerprint density at radius 1 is 1.07 bits per heavy atom. The molecule has 0 spiro atoms. The number of likely N-dealkylation sites (tertiary alicyclic amines) is 1. The molecule has 4 heterocycles. The normalized spacial score (nSPS) is 24.2. The van der Waals surface area contributed by atoms with Crippen LogP contribution in [0.2, 0.25) is 0 Å². The number of fused-ring (bicyclic) bond motifs is 5. The molecule has 0 amide bonds. The van der Waals surface area contributed by atoms with Crippen molar-refractivity contribution in [1.82, 2.24) is 14.5 Å². The van der Waals surface area contributed by atoms with Crippen molar-refractivity contribution in [3.8, 4) is 0 Å². The SMILES string of the molecule is CCC[C@H]1[C@H]2C[C@H](CN(Cc3ccnc4ccccc34)C2)c2cccc(=O)n21. The van der Waals surface area contributed by atoms with E-state index in [1.165, 1.54) is 23.1 Å². The molecule has 2 aromatic heterocycles. The van der Waals surface area contributed by atoms with Crippen LogP contribution in [0, 0.1) is 5.92 Å². The van der Waals surface area contributed by atoms with E-state index < -0.39 is 0 Å². The Bertz CT molecular complexity index is 1050. The van der Waals surface area contributed by atoms with Gasteiger partial charge in [0.1, 0.15) is 0 Å². The molecule has 2 aliphatic rings. The fourth-order valence-electron chi connectivity index (χ4n) is 5.46. The first kappa shape index (κ1) is 17.6. The summed E-state index contributed by atoms with van der Waals surface area (Å²) in [5.74, 6) is 1.01. The van der Waals surface area contributed by atoms with Gasteiger partial charge in [0.15, 0.2) is 0 Å². The van der Waals surface area contributed by atoms with Crippen molar-refractivity contribution >= 4 is 10.9 Å². The number of piperidine rings is 1. The molecule has 3 atom stereocenters. The summed E-state index contributed by atoms with van der Waals surface area (Å²) in [6.07, 6.45) is 5.33. The summed E-state index contributed by atoms with van der Waals surface area (Å²) in [6.45, 7) is 5.27. The maximum Gasteiger partial charge on any atom is 0.250 e. The Balaban J connectivity index is 1.48. The first-order chi connectivity index (χ1) is 13.7. The van der Waals surface area contributed by atoms with Gasteiger partial charge < -0.3 is 4.57 Å². The molecule has 1 aromatic carbocycles. The van der Waals surface area contributed by atoms with Crippen LogP contribution in [-0.2, 0) is 6.54 Å². The van der Waals surface area contributed by atoms with E-state index in [0.29, 0.717) is 17.9 Å². The number of rotatable bonds is 4. The Morgan fingerprint density at radius 3 is 2.86 bits per heavy atom. The Kier molecular flexibility index (Phi) is 4.52. The number of benzene rings is 1. The van der Waals surface area contributed by atoms with Crippen LogP contribution in [0.15, 0.2) is 59.5 Å².